The SMILES string of the molecule is CC(C)(C)OC(=O)NC1CCN(c2cc(C(=O)O)ccc2N)C1. The first-order valence-corrected chi connectivity index (χ1v) is 7.53. The van der Waals surface area contributed by atoms with Gasteiger partial charge < -0.3 is 25.8 Å². The number of benzene rings is 1. The predicted octanol–water partition coefficient (Wildman–Crippen LogP) is 2.07. The highest BCUT2D eigenvalue weighted by Gasteiger charge is 2.27. The Morgan fingerprint density at radius 3 is 2.70 bits per heavy atom. The highest BCUT2D eigenvalue weighted by Crippen LogP contribution is 2.28. The van der Waals surface area contributed by atoms with Gasteiger partial charge in [0, 0.05) is 13.1 Å². The van der Waals surface area contributed by atoms with E-state index in [9.17, 15) is 9.59 Å². The first-order valence-electron chi connectivity index (χ1n) is 7.53. The molecule has 1 aromatic rings. The van der Waals surface area contributed by atoms with Gasteiger partial charge in [-0.25, -0.2) is 9.59 Å². The topological polar surface area (TPSA) is 105 Å². The molecule has 1 amide bonds. The van der Waals surface area contributed by atoms with Crippen molar-refractivity contribution in [3.8, 4) is 0 Å². The molecule has 0 saturated carbocycles. The summed E-state index contributed by atoms with van der Waals surface area (Å²) in [6.07, 6.45) is 0.298. The number of carbonyl (C=O) groups is 2. The number of hydrogen-bond acceptors (Lipinski definition) is 5. The Hall–Kier alpha value is -2.44. The van der Waals surface area contributed by atoms with Crippen molar-refractivity contribution in [3.63, 3.8) is 0 Å². The molecule has 1 heterocycles. The summed E-state index contributed by atoms with van der Waals surface area (Å²) in [5, 5.41) is 11.9. The van der Waals surface area contributed by atoms with E-state index in [1.54, 1.807) is 12.1 Å². The van der Waals surface area contributed by atoms with E-state index in [1.807, 2.05) is 25.7 Å². The highest BCUT2D eigenvalue weighted by molar-refractivity contribution is 5.90. The summed E-state index contributed by atoms with van der Waals surface area (Å²) in [6, 6.07) is 4.58. The van der Waals surface area contributed by atoms with Gasteiger partial charge in [-0.05, 0) is 45.4 Å². The number of nitrogens with two attached hydrogens (primary N) is 1. The highest BCUT2D eigenvalue weighted by atomic mass is 16.6. The van der Waals surface area contributed by atoms with Crippen molar-refractivity contribution < 1.29 is 19.4 Å². The molecule has 0 spiro atoms. The number of amides is 1. The number of rotatable bonds is 3. The van der Waals surface area contributed by atoms with Crippen LogP contribution in [0.4, 0.5) is 16.2 Å². The average Bonchev–Trinajstić information content (AvgIpc) is 2.84. The molecule has 0 bridgehead atoms. The van der Waals surface area contributed by atoms with Crippen LogP contribution in [0.1, 0.15) is 37.6 Å². The fourth-order valence-corrected chi connectivity index (χ4v) is 2.52. The molecule has 1 aliphatic rings. The second kappa shape index (κ2) is 6.36. The molecule has 0 radical (unpaired) electrons. The summed E-state index contributed by atoms with van der Waals surface area (Å²) in [5.74, 6) is -0.992. The van der Waals surface area contributed by atoms with Gasteiger partial charge in [0.2, 0.25) is 0 Å². The third-order valence-corrected chi connectivity index (χ3v) is 3.53. The number of anilines is 2. The second-order valence-corrected chi connectivity index (χ2v) is 6.66. The maximum atomic E-state index is 11.8. The van der Waals surface area contributed by atoms with Crippen LogP contribution in [0.15, 0.2) is 18.2 Å². The van der Waals surface area contributed by atoms with Crippen LogP contribution in [0.3, 0.4) is 0 Å². The van der Waals surface area contributed by atoms with E-state index in [1.165, 1.54) is 6.07 Å². The number of nitrogens with one attached hydrogen (secondary N) is 1. The fourth-order valence-electron chi connectivity index (χ4n) is 2.52. The van der Waals surface area contributed by atoms with Gasteiger partial charge in [0.1, 0.15) is 5.60 Å². The van der Waals surface area contributed by atoms with E-state index in [0.717, 1.165) is 6.42 Å². The van der Waals surface area contributed by atoms with Crippen molar-refractivity contribution in [2.45, 2.75) is 38.8 Å². The van der Waals surface area contributed by atoms with Crippen LogP contribution in [0.5, 0.6) is 0 Å². The normalized spacial score (nSPS) is 17.9. The summed E-state index contributed by atoms with van der Waals surface area (Å²) < 4.78 is 5.24. The van der Waals surface area contributed by atoms with Gasteiger partial charge in [0.25, 0.3) is 0 Å². The first kappa shape index (κ1) is 16.9. The molecule has 2 rings (SSSR count). The smallest absolute Gasteiger partial charge is 0.407 e. The minimum absolute atomic E-state index is 0.0577. The van der Waals surface area contributed by atoms with E-state index in [-0.39, 0.29) is 11.6 Å². The van der Waals surface area contributed by atoms with Crippen molar-refractivity contribution in [2.24, 2.45) is 0 Å². The van der Waals surface area contributed by atoms with E-state index in [4.69, 9.17) is 15.6 Å². The molecule has 7 heteroatoms. The maximum Gasteiger partial charge on any atom is 0.407 e. The third-order valence-electron chi connectivity index (χ3n) is 3.53. The lowest BCUT2D eigenvalue weighted by atomic mass is 10.1. The van der Waals surface area contributed by atoms with Gasteiger partial charge in [0.15, 0.2) is 0 Å². The van der Waals surface area contributed by atoms with Gasteiger partial charge in [-0.15, -0.1) is 0 Å². The van der Waals surface area contributed by atoms with E-state index in [2.05, 4.69) is 5.32 Å². The lowest BCUT2D eigenvalue weighted by molar-refractivity contribution is 0.0508. The zero-order valence-corrected chi connectivity index (χ0v) is 13.6. The Morgan fingerprint density at radius 2 is 2.09 bits per heavy atom. The van der Waals surface area contributed by atoms with Gasteiger partial charge in [-0.1, -0.05) is 0 Å². The quantitative estimate of drug-likeness (QED) is 0.736. The Morgan fingerprint density at radius 1 is 1.39 bits per heavy atom. The van der Waals surface area contributed by atoms with Crippen LogP contribution in [-0.4, -0.2) is 41.9 Å². The number of carboxylic acids is 1. The van der Waals surface area contributed by atoms with E-state index in [0.29, 0.717) is 24.5 Å². The number of ether oxygens (including phenoxy) is 1. The number of hydrogen-bond donors (Lipinski definition) is 3. The zero-order chi connectivity index (χ0) is 17.2. The lowest BCUT2D eigenvalue weighted by Gasteiger charge is -2.23. The van der Waals surface area contributed by atoms with Crippen LogP contribution in [0.25, 0.3) is 0 Å². The molecular formula is C16H23N3O4. The summed E-state index contributed by atoms with van der Waals surface area (Å²) in [5.41, 5.74) is 6.81. The Kier molecular flexibility index (Phi) is 4.68. The maximum absolute atomic E-state index is 11.8. The molecule has 1 atom stereocenters. The molecule has 1 fully saturated rings. The molecule has 1 saturated heterocycles. The van der Waals surface area contributed by atoms with Gasteiger partial charge in [-0.2, -0.15) is 0 Å². The van der Waals surface area contributed by atoms with Gasteiger partial charge >= 0.3 is 12.1 Å². The number of alkyl carbamates (subject to hydrolysis) is 1. The molecule has 23 heavy (non-hydrogen) atoms. The molecular weight excluding hydrogens is 298 g/mol. The molecule has 4 N–H and O–H groups in total. The largest absolute Gasteiger partial charge is 0.478 e. The summed E-state index contributed by atoms with van der Waals surface area (Å²) in [7, 11) is 0. The minimum Gasteiger partial charge on any atom is -0.478 e. The Labute approximate surface area is 135 Å². The molecule has 0 aliphatic carbocycles. The van der Waals surface area contributed by atoms with E-state index < -0.39 is 17.7 Å². The zero-order valence-electron chi connectivity index (χ0n) is 13.6. The van der Waals surface area contributed by atoms with Crippen LogP contribution < -0.4 is 16.0 Å². The predicted molar refractivity (Wildman–Crippen MR) is 87.8 cm³/mol. The average molecular weight is 321 g/mol. The molecule has 126 valence electrons. The van der Waals surface area contributed by atoms with Crippen LogP contribution in [0.2, 0.25) is 0 Å². The minimum atomic E-state index is -0.992. The number of nitrogen functional groups attached to an aromatic ring is 1. The van der Waals surface area contributed by atoms with Crippen molar-refractivity contribution >= 4 is 23.4 Å². The van der Waals surface area contributed by atoms with Gasteiger partial charge in [0.05, 0.1) is 23.0 Å². The molecule has 7 nitrogen and oxygen atoms in total. The van der Waals surface area contributed by atoms with Crippen molar-refractivity contribution in [1.82, 2.24) is 5.32 Å². The third kappa shape index (κ3) is 4.51. The Balaban J connectivity index is 2.01. The number of carboxylic acid groups (broad SMARTS) is 1. The molecule has 1 aromatic carbocycles. The monoisotopic (exact) mass is 321 g/mol. The van der Waals surface area contributed by atoms with Crippen LogP contribution >= 0.6 is 0 Å². The fraction of sp³-hybridized carbons (Fsp3) is 0.500. The van der Waals surface area contributed by atoms with Crippen molar-refractivity contribution in [1.29, 1.82) is 0 Å². The molecule has 0 aromatic heterocycles. The molecule has 1 aliphatic heterocycles. The summed E-state index contributed by atoms with van der Waals surface area (Å²) in [4.78, 5) is 24.9. The van der Waals surface area contributed by atoms with Crippen molar-refractivity contribution in [2.75, 3.05) is 23.7 Å². The van der Waals surface area contributed by atoms with Gasteiger partial charge in [-0.3, -0.25) is 0 Å². The standard InChI is InChI=1S/C16H23N3O4/c1-16(2,3)23-15(22)18-11-6-7-19(9-11)13-8-10(14(20)21)4-5-12(13)17/h4-5,8,11H,6-7,9,17H2,1-3H3,(H,18,22)(H,20,21). The van der Waals surface area contributed by atoms with Crippen molar-refractivity contribution in [3.05, 3.63) is 23.8 Å². The van der Waals surface area contributed by atoms with Crippen LogP contribution in [0, 0.1) is 0 Å². The number of aromatic carboxylic acids is 1. The first-order chi connectivity index (χ1) is 10.7. The number of nitrogens with zero attached hydrogens (tertiary/aromatic N) is 1. The Bertz CT molecular complexity index is 610. The molecule has 1 unspecified atom stereocenters. The summed E-state index contributed by atoms with van der Waals surface area (Å²) >= 11 is 0. The lowest BCUT2D eigenvalue weighted by Crippen LogP contribution is -2.40. The second-order valence-electron chi connectivity index (χ2n) is 6.66. The van der Waals surface area contributed by atoms with E-state index >= 15 is 0 Å². The number of carbonyl (C=O) groups excluding carboxylic acids is 1. The van der Waals surface area contributed by atoms with Crippen LogP contribution in [-0.2, 0) is 4.74 Å². The summed E-state index contributed by atoms with van der Waals surface area (Å²) in [6.45, 7) is 6.68.